The lowest BCUT2D eigenvalue weighted by atomic mass is 10.2. The molecule has 1 rings (SSSR count). The lowest BCUT2D eigenvalue weighted by Gasteiger charge is -2.08. The van der Waals surface area contributed by atoms with Gasteiger partial charge in [0.1, 0.15) is 13.8 Å². The first-order chi connectivity index (χ1) is 7.66. The zero-order valence-electron chi connectivity index (χ0n) is 9.85. The van der Waals surface area contributed by atoms with E-state index >= 15 is 0 Å². The zero-order valence-corrected chi connectivity index (χ0v) is 10.9. The normalized spacial score (nSPS) is 11.6. The third-order valence-electron chi connectivity index (χ3n) is 1.65. The molecule has 0 heterocycles. The van der Waals surface area contributed by atoms with Crippen LogP contribution in [0.5, 0.6) is 5.75 Å². The van der Waals surface area contributed by atoms with Crippen LogP contribution in [-0.4, -0.2) is 14.4 Å². The maximum absolute atomic E-state index is 12.0. The summed E-state index contributed by atoms with van der Waals surface area (Å²) in [5, 5.41) is 0. The summed E-state index contributed by atoms with van der Waals surface area (Å²) >= 11 is 0. The van der Waals surface area contributed by atoms with Crippen molar-refractivity contribution in [3.8, 4) is 17.2 Å². The smallest absolute Gasteiger partial charge is 0.406 e. The Morgan fingerprint density at radius 1 is 1.18 bits per heavy atom. The first-order valence-electron chi connectivity index (χ1n) is 5.05. The first-order valence-corrected chi connectivity index (χ1v) is 8.55. The van der Waals surface area contributed by atoms with E-state index in [1.807, 2.05) is 0 Å². The molecule has 0 aliphatic carbocycles. The van der Waals surface area contributed by atoms with Gasteiger partial charge in [0.15, 0.2) is 0 Å². The van der Waals surface area contributed by atoms with Gasteiger partial charge in [-0.05, 0) is 18.2 Å². The molecule has 0 aliphatic heterocycles. The Bertz CT molecular complexity index is 449. The molecule has 0 aromatic heterocycles. The molecule has 0 spiro atoms. The van der Waals surface area contributed by atoms with Gasteiger partial charge in [-0.2, -0.15) is 0 Å². The number of ether oxygens (including phenoxy) is 1. The van der Waals surface area contributed by atoms with E-state index < -0.39 is 14.4 Å². The molecule has 0 saturated heterocycles. The van der Waals surface area contributed by atoms with Gasteiger partial charge >= 0.3 is 6.36 Å². The number of hydrogen-bond donors (Lipinski definition) is 0. The molecule has 17 heavy (non-hydrogen) atoms. The van der Waals surface area contributed by atoms with E-state index in [1.165, 1.54) is 18.2 Å². The van der Waals surface area contributed by atoms with E-state index in [4.69, 9.17) is 0 Å². The van der Waals surface area contributed by atoms with E-state index in [-0.39, 0.29) is 5.75 Å². The predicted octanol–water partition coefficient (Wildman–Crippen LogP) is 3.81. The third kappa shape index (κ3) is 6.02. The van der Waals surface area contributed by atoms with Crippen LogP contribution in [-0.2, 0) is 0 Å². The van der Waals surface area contributed by atoms with Gasteiger partial charge in [0.05, 0.1) is 0 Å². The Labute approximate surface area is 99.6 Å². The average molecular weight is 258 g/mol. The molecule has 0 saturated carbocycles. The summed E-state index contributed by atoms with van der Waals surface area (Å²) in [6.45, 7) is 6.20. The van der Waals surface area contributed by atoms with Crippen LogP contribution < -0.4 is 4.74 Å². The minimum Gasteiger partial charge on any atom is -0.406 e. The zero-order chi connectivity index (χ0) is 13.1. The molecule has 1 aromatic carbocycles. The molecule has 0 aliphatic rings. The molecule has 0 amide bonds. The second kappa shape index (κ2) is 4.84. The SMILES string of the molecule is C[Si](C)(C)C#Cc1cccc(OC(F)(F)F)c1. The quantitative estimate of drug-likeness (QED) is 0.549. The fraction of sp³-hybridized carbons (Fsp3) is 0.333. The highest BCUT2D eigenvalue weighted by Crippen LogP contribution is 2.23. The molecular formula is C12H13F3OSi. The molecule has 0 bridgehead atoms. The van der Waals surface area contributed by atoms with Crippen LogP contribution in [0, 0.1) is 11.5 Å². The van der Waals surface area contributed by atoms with Gasteiger partial charge in [-0.1, -0.05) is 31.6 Å². The molecule has 1 nitrogen and oxygen atoms in total. The van der Waals surface area contributed by atoms with Gasteiger partial charge in [-0.3, -0.25) is 0 Å². The molecule has 0 N–H and O–H groups in total. The van der Waals surface area contributed by atoms with Crippen molar-refractivity contribution in [2.45, 2.75) is 26.0 Å². The fourth-order valence-corrected chi connectivity index (χ4v) is 1.55. The van der Waals surface area contributed by atoms with E-state index in [2.05, 4.69) is 35.8 Å². The summed E-state index contributed by atoms with van der Waals surface area (Å²) in [5.41, 5.74) is 3.62. The van der Waals surface area contributed by atoms with Crippen molar-refractivity contribution < 1.29 is 17.9 Å². The average Bonchev–Trinajstić information content (AvgIpc) is 2.11. The molecule has 5 heteroatoms. The fourth-order valence-electron chi connectivity index (χ4n) is 1.03. The summed E-state index contributed by atoms with van der Waals surface area (Å²) in [4.78, 5) is 0. The molecule has 0 fully saturated rings. The van der Waals surface area contributed by atoms with Crippen molar-refractivity contribution >= 4 is 8.07 Å². The maximum Gasteiger partial charge on any atom is 0.573 e. The first kappa shape index (κ1) is 13.7. The highest BCUT2D eigenvalue weighted by atomic mass is 28.3. The second-order valence-corrected chi connectivity index (χ2v) is 9.33. The van der Waals surface area contributed by atoms with Crippen molar-refractivity contribution in [1.82, 2.24) is 0 Å². The van der Waals surface area contributed by atoms with Crippen molar-refractivity contribution in [1.29, 1.82) is 0 Å². The highest BCUT2D eigenvalue weighted by Gasteiger charge is 2.31. The van der Waals surface area contributed by atoms with E-state index in [0.29, 0.717) is 5.56 Å². The van der Waals surface area contributed by atoms with Crippen molar-refractivity contribution in [3.63, 3.8) is 0 Å². The Morgan fingerprint density at radius 3 is 2.35 bits per heavy atom. The molecule has 1 aromatic rings. The minimum atomic E-state index is -4.66. The largest absolute Gasteiger partial charge is 0.573 e. The Kier molecular flexibility index (Phi) is 3.89. The maximum atomic E-state index is 12.0. The van der Waals surface area contributed by atoms with E-state index in [9.17, 15) is 13.2 Å². The molecule has 0 atom stereocenters. The minimum absolute atomic E-state index is 0.236. The summed E-state index contributed by atoms with van der Waals surface area (Å²) in [5.74, 6) is 2.64. The summed E-state index contributed by atoms with van der Waals surface area (Å²) in [6, 6.07) is 5.71. The van der Waals surface area contributed by atoms with Crippen LogP contribution >= 0.6 is 0 Å². The molecule has 0 unspecified atom stereocenters. The van der Waals surface area contributed by atoms with Gasteiger partial charge < -0.3 is 4.74 Å². The monoisotopic (exact) mass is 258 g/mol. The van der Waals surface area contributed by atoms with Gasteiger partial charge in [-0.25, -0.2) is 0 Å². The van der Waals surface area contributed by atoms with Crippen molar-refractivity contribution in [3.05, 3.63) is 29.8 Å². The molecule has 0 radical (unpaired) electrons. The van der Waals surface area contributed by atoms with Gasteiger partial charge in [0, 0.05) is 5.56 Å². The number of benzene rings is 1. The van der Waals surface area contributed by atoms with Crippen molar-refractivity contribution in [2.75, 3.05) is 0 Å². The number of alkyl halides is 3. The summed E-state index contributed by atoms with van der Waals surface area (Å²) in [7, 11) is -1.53. The topological polar surface area (TPSA) is 9.23 Å². The lowest BCUT2D eigenvalue weighted by Crippen LogP contribution is -2.17. The second-order valence-electron chi connectivity index (χ2n) is 4.58. The molecule has 92 valence electrons. The Balaban J connectivity index is 2.90. The van der Waals surface area contributed by atoms with Crippen LogP contribution in [0.15, 0.2) is 24.3 Å². The molecular weight excluding hydrogens is 245 g/mol. The van der Waals surface area contributed by atoms with Crippen LogP contribution in [0.3, 0.4) is 0 Å². The standard InChI is InChI=1S/C12H13F3OSi/c1-17(2,3)8-7-10-5-4-6-11(9-10)16-12(13,14)15/h4-6,9H,1-3H3. The van der Waals surface area contributed by atoms with Gasteiger partial charge in [0.25, 0.3) is 0 Å². The van der Waals surface area contributed by atoms with Crippen LogP contribution in [0.1, 0.15) is 5.56 Å². The number of halogens is 3. The predicted molar refractivity (Wildman–Crippen MR) is 63.3 cm³/mol. The van der Waals surface area contributed by atoms with Crippen LogP contribution in [0.25, 0.3) is 0 Å². The summed E-state index contributed by atoms with van der Waals surface area (Å²) < 4.78 is 39.8. The van der Waals surface area contributed by atoms with E-state index in [1.54, 1.807) is 6.07 Å². The van der Waals surface area contributed by atoms with Gasteiger partial charge in [0.2, 0.25) is 0 Å². The number of hydrogen-bond acceptors (Lipinski definition) is 1. The highest BCUT2D eigenvalue weighted by molar-refractivity contribution is 6.83. The Morgan fingerprint density at radius 2 is 1.82 bits per heavy atom. The van der Waals surface area contributed by atoms with Gasteiger partial charge in [-0.15, -0.1) is 18.7 Å². The van der Waals surface area contributed by atoms with E-state index in [0.717, 1.165) is 0 Å². The lowest BCUT2D eigenvalue weighted by molar-refractivity contribution is -0.274. The third-order valence-corrected chi connectivity index (χ3v) is 2.52. The van der Waals surface area contributed by atoms with Crippen LogP contribution in [0.2, 0.25) is 19.6 Å². The van der Waals surface area contributed by atoms with Crippen LogP contribution in [0.4, 0.5) is 13.2 Å². The van der Waals surface area contributed by atoms with Crippen molar-refractivity contribution in [2.24, 2.45) is 0 Å². The Hall–Kier alpha value is -1.41. The summed E-state index contributed by atoms with van der Waals surface area (Å²) in [6.07, 6.45) is -4.66. The number of rotatable bonds is 1.